The fourth-order valence-corrected chi connectivity index (χ4v) is 2.63. The highest BCUT2D eigenvalue weighted by molar-refractivity contribution is 8.00. The van der Waals surface area contributed by atoms with E-state index in [1.807, 2.05) is 12.1 Å². The lowest BCUT2D eigenvalue weighted by atomic mass is 10.3. The number of hydrogen-bond acceptors (Lipinski definition) is 2. The van der Waals surface area contributed by atoms with Crippen LogP contribution in [0.15, 0.2) is 23.1 Å². The van der Waals surface area contributed by atoms with Crippen LogP contribution < -0.4 is 5.73 Å². The van der Waals surface area contributed by atoms with Crippen LogP contribution in [0.2, 0.25) is 10.0 Å². The van der Waals surface area contributed by atoms with E-state index >= 15 is 0 Å². The molecule has 0 radical (unpaired) electrons. The molecule has 0 saturated heterocycles. The van der Waals surface area contributed by atoms with Gasteiger partial charge in [-0.15, -0.1) is 11.8 Å². The Labute approximate surface area is 99.0 Å². The van der Waals surface area contributed by atoms with E-state index in [0.29, 0.717) is 11.8 Å². The lowest BCUT2D eigenvalue weighted by Gasteiger charge is -2.10. The highest BCUT2D eigenvalue weighted by atomic mass is 35.5. The molecule has 1 aromatic carbocycles. The summed E-state index contributed by atoms with van der Waals surface area (Å²) in [6.45, 7) is 2.83. The molecule has 1 nitrogen and oxygen atoms in total. The van der Waals surface area contributed by atoms with E-state index in [9.17, 15) is 0 Å². The molecular weight excluding hydrogens is 237 g/mol. The number of thioether (sulfide) groups is 1. The Morgan fingerprint density at radius 3 is 2.79 bits per heavy atom. The summed E-state index contributed by atoms with van der Waals surface area (Å²) >= 11 is 13.6. The summed E-state index contributed by atoms with van der Waals surface area (Å²) < 4.78 is 0. The SMILES string of the molecule is CC(CCN)Sc1cc(Cl)ccc1Cl. The number of hydrogen-bond donors (Lipinski definition) is 1. The van der Waals surface area contributed by atoms with Gasteiger partial charge >= 0.3 is 0 Å². The van der Waals surface area contributed by atoms with E-state index in [2.05, 4.69) is 6.92 Å². The smallest absolute Gasteiger partial charge is 0.0542 e. The Morgan fingerprint density at radius 2 is 2.14 bits per heavy atom. The van der Waals surface area contributed by atoms with Crippen LogP contribution in [-0.4, -0.2) is 11.8 Å². The van der Waals surface area contributed by atoms with Gasteiger partial charge in [-0.2, -0.15) is 0 Å². The van der Waals surface area contributed by atoms with Gasteiger partial charge in [-0.1, -0.05) is 30.1 Å². The Bertz CT molecular complexity index is 304. The summed E-state index contributed by atoms with van der Waals surface area (Å²) in [6.07, 6.45) is 0.980. The highest BCUT2D eigenvalue weighted by Gasteiger charge is 2.07. The average Bonchev–Trinajstić information content (AvgIpc) is 2.12. The zero-order valence-electron chi connectivity index (χ0n) is 7.97. The summed E-state index contributed by atoms with van der Waals surface area (Å²) in [4.78, 5) is 1.03. The Morgan fingerprint density at radius 1 is 1.43 bits per heavy atom. The zero-order valence-corrected chi connectivity index (χ0v) is 10.3. The van der Waals surface area contributed by atoms with Gasteiger partial charge in [-0.25, -0.2) is 0 Å². The lowest BCUT2D eigenvalue weighted by molar-refractivity contribution is 0.823. The maximum absolute atomic E-state index is 6.03. The molecule has 0 heterocycles. The summed E-state index contributed by atoms with van der Waals surface area (Å²) in [6, 6.07) is 5.50. The van der Waals surface area contributed by atoms with Gasteiger partial charge in [0, 0.05) is 15.2 Å². The van der Waals surface area contributed by atoms with Crippen molar-refractivity contribution in [1.82, 2.24) is 0 Å². The molecule has 14 heavy (non-hydrogen) atoms. The third-order valence-electron chi connectivity index (χ3n) is 1.79. The predicted molar refractivity (Wildman–Crippen MR) is 65.5 cm³/mol. The van der Waals surface area contributed by atoms with Crippen molar-refractivity contribution >= 4 is 35.0 Å². The van der Waals surface area contributed by atoms with Crippen LogP contribution in [0.4, 0.5) is 0 Å². The van der Waals surface area contributed by atoms with E-state index in [1.54, 1.807) is 17.8 Å². The zero-order chi connectivity index (χ0) is 10.6. The van der Waals surface area contributed by atoms with Crippen molar-refractivity contribution in [2.75, 3.05) is 6.54 Å². The largest absolute Gasteiger partial charge is 0.330 e. The summed E-state index contributed by atoms with van der Waals surface area (Å²) in [5, 5.41) is 1.94. The molecule has 0 bridgehead atoms. The molecule has 0 amide bonds. The van der Waals surface area contributed by atoms with Crippen LogP contribution in [0.1, 0.15) is 13.3 Å². The third-order valence-corrected chi connectivity index (χ3v) is 3.70. The molecule has 0 aromatic heterocycles. The van der Waals surface area contributed by atoms with Crippen molar-refractivity contribution in [2.45, 2.75) is 23.5 Å². The molecule has 0 aliphatic heterocycles. The second-order valence-electron chi connectivity index (χ2n) is 3.08. The van der Waals surface area contributed by atoms with Crippen molar-refractivity contribution in [1.29, 1.82) is 0 Å². The summed E-state index contributed by atoms with van der Waals surface area (Å²) in [5.41, 5.74) is 5.48. The molecule has 0 aliphatic rings. The molecule has 2 N–H and O–H groups in total. The van der Waals surface area contributed by atoms with E-state index in [1.165, 1.54) is 0 Å². The van der Waals surface area contributed by atoms with Gasteiger partial charge in [0.2, 0.25) is 0 Å². The van der Waals surface area contributed by atoms with E-state index < -0.39 is 0 Å². The number of benzene rings is 1. The molecule has 78 valence electrons. The normalized spacial score (nSPS) is 12.9. The van der Waals surface area contributed by atoms with Crippen molar-refractivity contribution in [2.24, 2.45) is 5.73 Å². The standard InChI is InChI=1S/C10H13Cl2NS/c1-7(4-5-13)14-10-6-8(11)2-3-9(10)12/h2-3,6-7H,4-5,13H2,1H3. The molecule has 1 rings (SSSR count). The van der Waals surface area contributed by atoms with Crippen molar-refractivity contribution in [3.63, 3.8) is 0 Å². The number of halogens is 2. The first-order valence-electron chi connectivity index (χ1n) is 4.45. The average molecular weight is 250 g/mol. The predicted octanol–water partition coefficient (Wildman–Crippen LogP) is 3.82. The Kier molecular flexibility index (Phi) is 5.10. The van der Waals surface area contributed by atoms with Gasteiger partial charge in [0.05, 0.1) is 5.02 Å². The van der Waals surface area contributed by atoms with E-state index in [4.69, 9.17) is 28.9 Å². The molecule has 1 atom stereocenters. The van der Waals surface area contributed by atoms with Gasteiger partial charge in [0.25, 0.3) is 0 Å². The Balaban J connectivity index is 2.70. The molecule has 1 aromatic rings. The molecule has 1 unspecified atom stereocenters. The van der Waals surface area contributed by atoms with E-state index in [-0.39, 0.29) is 0 Å². The quantitative estimate of drug-likeness (QED) is 0.822. The minimum atomic E-state index is 0.468. The van der Waals surface area contributed by atoms with Gasteiger partial charge in [-0.3, -0.25) is 0 Å². The van der Waals surface area contributed by atoms with Crippen LogP contribution >= 0.6 is 35.0 Å². The molecule has 0 aliphatic carbocycles. The molecular formula is C10H13Cl2NS. The van der Waals surface area contributed by atoms with Crippen LogP contribution in [0.5, 0.6) is 0 Å². The monoisotopic (exact) mass is 249 g/mol. The van der Waals surface area contributed by atoms with Crippen LogP contribution in [0.3, 0.4) is 0 Å². The van der Waals surface area contributed by atoms with Gasteiger partial charge in [-0.05, 0) is 31.2 Å². The van der Waals surface area contributed by atoms with Crippen LogP contribution in [0.25, 0.3) is 0 Å². The van der Waals surface area contributed by atoms with Crippen LogP contribution in [-0.2, 0) is 0 Å². The first-order valence-corrected chi connectivity index (χ1v) is 6.09. The van der Waals surface area contributed by atoms with E-state index in [0.717, 1.165) is 21.4 Å². The summed E-state index contributed by atoms with van der Waals surface area (Å²) in [7, 11) is 0. The summed E-state index contributed by atoms with van der Waals surface area (Å²) in [5.74, 6) is 0. The second kappa shape index (κ2) is 5.86. The molecule has 0 fully saturated rings. The minimum absolute atomic E-state index is 0.468. The van der Waals surface area contributed by atoms with Gasteiger partial charge < -0.3 is 5.73 Å². The van der Waals surface area contributed by atoms with Crippen molar-refractivity contribution in [3.05, 3.63) is 28.2 Å². The Hall–Kier alpha value is 0.110. The topological polar surface area (TPSA) is 26.0 Å². The van der Waals surface area contributed by atoms with Crippen LogP contribution in [0, 0.1) is 0 Å². The first kappa shape index (κ1) is 12.2. The first-order chi connectivity index (χ1) is 6.63. The van der Waals surface area contributed by atoms with Gasteiger partial charge in [0.1, 0.15) is 0 Å². The van der Waals surface area contributed by atoms with Crippen molar-refractivity contribution in [3.8, 4) is 0 Å². The fraction of sp³-hybridized carbons (Fsp3) is 0.400. The maximum atomic E-state index is 6.03. The number of rotatable bonds is 4. The molecule has 4 heteroatoms. The van der Waals surface area contributed by atoms with Crippen molar-refractivity contribution < 1.29 is 0 Å². The minimum Gasteiger partial charge on any atom is -0.330 e. The fourth-order valence-electron chi connectivity index (χ4n) is 1.08. The second-order valence-corrected chi connectivity index (χ2v) is 5.40. The number of nitrogens with two attached hydrogens (primary N) is 1. The molecule has 0 saturated carbocycles. The van der Waals surface area contributed by atoms with Gasteiger partial charge in [0.15, 0.2) is 0 Å². The maximum Gasteiger partial charge on any atom is 0.0542 e. The third kappa shape index (κ3) is 3.70. The highest BCUT2D eigenvalue weighted by Crippen LogP contribution is 2.33. The lowest BCUT2D eigenvalue weighted by Crippen LogP contribution is -2.06. The molecule has 0 spiro atoms.